The molecular formula is C20H23BrN4O2. The van der Waals surface area contributed by atoms with Crippen molar-refractivity contribution in [2.45, 2.75) is 13.0 Å². The number of hydrogen-bond donors (Lipinski definition) is 0. The lowest BCUT2D eigenvalue weighted by Crippen LogP contribution is -2.44. The maximum absolute atomic E-state index is 5.56. The second-order valence-corrected chi connectivity index (χ2v) is 7.61. The molecule has 1 aliphatic rings. The van der Waals surface area contributed by atoms with Gasteiger partial charge < -0.3 is 14.4 Å². The lowest BCUT2D eigenvalue weighted by molar-refractivity contribution is 0.230. The van der Waals surface area contributed by atoms with Gasteiger partial charge in [0.2, 0.25) is 0 Å². The van der Waals surface area contributed by atoms with Gasteiger partial charge in [-0.05, 0) is 24.6 Å². The molecule has 7 heteroatoms. The zero-order chi connectivity index (χ0) is 18.8. The molecule has 1 aliphatic heterocycles. The minimum Gasteiger partial charge on any atom is -0.497 e. The average Bonchev–Trinajstić information content (AvgIpc) is 3.11. The Morgan fingerprint density at radius 1 is 1.11 bits per heavy atom. The van der Waals surface area contributed by atoms with Gasteiger partial charge in [-0.15, -0.1) is 0 Å². The predicted octanol–water partition coefficient (Wildman–Crippen LogP) is 3.78. The maximum atomic E-state index is 5.56. The predicted molar refractivity (Wildman–Crippen MR) is 110 cm³/mol. The first-order valence-corrected chi connectivity index (χ1v) is 9.78. The van der Waals surface area contributed by atoms with E-state index in [9.17, 15) is 0 Å². The third kappa shape index (κ3) is 3.75. The van der Waals surface area contributed by atoms with Crippen molar-refractivity contribution >= 4 is 27.1 Å². The molecule has 0 radical (unpaired) electrons. The molecule has 2 aromatic heterocycles. The minimum atomic E-state index is 0.813. The van der Waals surface area contributed by atoms with Gasteiger partial charge in [0.15, 0.2) is 0 Å². The maximum Gasteiger partial charge on any atom is 0.127 e. The summed E-state index contributed by atoms with van der Waals surface area (Å²) in [6.45, 7) is 3.80. The summed E-state index contributed by atoms with van der Waals surface area (Å²) in [5.41, 5.74) is 3.46. The van der Waals surface area contributed by atoms with Gasteiger partial charge in [-0.2, -0.15) is 5.10 Å². The van der Waals surface area contributed by atoms with Crippen LogP contribution in [-0.4, -0.2) is 48.5 Å². The van der Waals surface area contributed by atoms with Crippen molar-refractivity contribution in [1.82, 2.24) is 14.5 Å². The monoisotopic (exact) mass is 430 g/mol. The molecular weight excluding hydrogens is 408 g/mol. The van der Waals surface area contributed by atoms with E-state index >= 15 is 0 Å². The second-order valence-electron chi connectivity index (χ2n) is 6.69. The Morgan fingerprint density at radius 2 is 2.00 bits per heavy atom. The molecule has 0 atom stereocenters. The molecule has 4 rings (SSSR count). The fourth-order valence-electron chi connectivity index (χ4n) is 3.60. The number of nitrogens with zero attached hydrogens (tertiary/aromatic N) is 4. The molecule has 0 spiro atoms. The molecule has 142 valence electrons. The lowest BCUT2D eigenvalue weighted by Gasteiger charge is -2.36. The number of ether oxygens (including phenoxy) is 2. The van der Waals surface area contributed by atoms with Crippen molar-refractivity contribution in [3.63, 3.8) is 0 Å². The van der Waals surface area contributed by atoms with Gasteiger partial charge >= 0.3 is 0 Å². The topological polar surface area (TPSA) is 42.2 Å². The van der Waals surface area contributed by atoms with Crippen LogP contribution in [0.1, 0.15) is 12.0 Å². The van der Waals surface area contributed by atoms with Crippen LogP contribution in [0.5, 0.6) is 11.5 Å². The van der Waals surface area contributed by atoms with Crippen LogP contribution in [0.3, 0.4) is 0 Å². The van der Waals surface area contributed by atoms with Crippen molar-refractivity contribution in [1.29, 1.82) is 0 Å². The molecule has 0 saturated carbocycles. The van der Waals surface area contributed by atoms with Gasteiger partial charge in [0, 0.05) is 41.9 Å². The summed E-state index contributed by atoms with van der Waals surface area (Å²) >= 11 is 3.56. The Labute approximate surface area is 167 Å². The summed E-state index contributed by atoms with van der Waals surface area (Å²) in [5.74, 6) is 1.68. The second kappa shape index (κ2) is 7.78. The van der Waals surface area contributed by atoms with Crippen molar-refractivity contribution in [2.24, 2.45) is 0 Å². The first-order valence-electron chi connectivity index (χ1n) is 8.99. The van der Waals surface area contributed by atoms with E-state index < -0.39 is 0 Å². The molecule has 0 aliphatic carbocycles. The highest BCUT2D eigenvalue weighted by atomic mass is 79.9. The van der Waals surface area contributed by atoms with Crippen LogP contribution in [0.25, 0.3) is 5.52 Å². The summed E-state index contributed by atoms with van der Waals surface area (Å²) in [4.78, 5) is 4.84. The van der Waals surface area contributed by atoms with E-state index in [1.165, 1.54) is 11.3 Å². The van der Waals surface area contributed by atoms with Crippen molar-refractivity contribution in [3.8, 4) is 11.5 Å². The van der Waals surface area contributed by atoms with E-state index in [0.717, 1.165) is 54.2 Å². The largest absolute Gasteiger partial charge is 0.497 e. The number of rotatable bonds is 5. The highest BCUT2D eigenvalue weighted by molar-refractivity contribution is 9.10. The Bertz CT molecular complexity index is 943. The smallest absolute Gasteiger partial charge is 0.127 e. The van der Waals surface area contributed by atoms with Gasteiger partial charge in [0.05, 0.1) is 38.3 Å². The Morgan fingerprint density at radius 3 is 2.81 bits per heavy atom. The third-order valence-electron chi connectivity index (χ3n) is 4.97. The first-order chi connectivity index (χ1) is 13.2. The fraction of sp³-hybridized carbons (Fsp3) is 0.350. The number of hydrogen-bond acceptors (Lipinski definition) is 5. The molecule has 27 heavy (non-hydrogen) atoms. The molecule has 3 aromatic rings. The highest BCUT2D eigenvalue weighted by Gasteiger charge is 2.21. The van der Waals surface area contributed by atoms with Crippen LogP contribution in [-0.2, 0) is 6.54 Å². The quantitative estimate of drug-likeness (QED) is 0.615. The van der Waals surface area contributed by atoms with Crippen molar-refractivity contribution < 1.29 is 9.47 Å². The number of benzene rings is 1. The minimum absolute atomic E-state index is 0.813. The van der Waals surface area contributed by atoms with E-state index in [4.69, 9.17) is 9.47 Å². The summed E-state index contributed by atoms with van der Waals surface area (Å²) in [7, 11) is 3.38. The highest BCUT2D eigenvalue weighted by Crippen LogP contribution is 2.29. The summed E-state index contributed by atoms with van der Waals surface area (Å²) in [6.07, 6.45) is 5.05. The van der Waals surface area contributed by atoms with E-state index in [2.05, 4.69) is 43.0 Å². The molecule has 1 fully saturated rings. The normalized spacial score (nSPS) is 15.3. The van der Waals surface area contributed by atoms with Gasteiger partial charge in [0.25, 0.3) is 0 Å². The standard InChI is InChI=1S/C20H23BrN4O2/c1-26-17-5-4-15(20(11-17)27-2)13-23-7-3-8-24(14-23)19-12-22-25-9-6-16(21)10-18(19)25/h4-6,9-12H,3,7-8,13-14H2,1-2H3. The van der Waals surface area contributed by atoms with Gasteiger partial charge in [-0.25, -0.2) is 4.52 Å². The van der Waals surface area contributed by atoms with E-state index in [1.807, 2.05) is 35.1 Å². The zero-order valence-electron chi connectivity index (χ0n) is 15.6. The van der Waals surface area contributed by atoms with Crippen LogP contribution >= 0.6 is 15.9 Å². The summed E-state index contributed by atoms with van der Waals surface area (Å²) in [6, 6.07) is 10.1. The molecule has 3 heterocycles. The summed E-state index contributed by atoms with van der Waals surface area (Å²) < 4.78 is 13.8. The molecule has 6 nitrogen and oxygen atoms in total. The SMILES string of the molecule is COc1ccc(CN2CCCN(c3cnn4ccc(Br)cc34)C2)c(OC)c1. The van der Waals surface area contributed by atoms with Crippen LogP contribution in [0, 0.1) is 0 Å². The molecule has 0 unspecified atom stereocenters. The molecule has 1 aromatic carbocycles. The van der Waals surface area contributed by atoms with Crippen LogP contribution in [0.4, 0.5) is 5.69 Å². The third-order valence-corrected chi connectivity index (χ3v) is 5.46. The van der Waals surface area contributed by atoms with Gasteiger partial charge in [0.1, 0.15) is 11.5 Å². The molecule has 0 amide bonds. The van der Waals surface area contributed by atoms with Crippen molar-refractivity contribution in [2.75, 3.05) is 38.9 Å². The average molecular weight is 431 g/mol. The Kier molecular flexibility index (Phi) is 5.22. The van der Waals surface area contributed by atoms with Crippen LogP contribution < -0.4 is 14.4 Å². The number of halogens is 1. The molecule has 0 N–H and O–H groups in total. The summed E-state index contributed by atoms with van der Waals surface area (Å²) in [5, 5.41) is 4.49. The number of aromatic nitrogens is 2. The Balaban J connectivity index is 1.54. The van der Waals surface area contributed by atoms with Crippen molar-refractivity contribution in [3.05, 3.63) is 52.8 Å². The van der Waals surface area contributed by atoms with Crippen LogP contribution in [0.2, 0.25) is 0 Å². The lowest BCUT2D eigenvalue weighted by atomic mass is 10.1. The number of methoxy groups -OCH3 is 2. The first kappa shape index (κ1) is 18.1. The van der Waals surface area contributed by atoms with Gasteiger partial charge in [-0.3, -0.25) is 4.90 Å². The fourth-order valence-corrected chi connectivity index (χ4v) is 3.94. The number of pyridine rings is 1. The molecule has 0 bridgehead atoms. The Hall–Kier alpha value is -2.25. The molecule has 1 saturated heterocycles. The van der Waals surface area contributed by atoms with Crippen LogP contribution in [0.15, 0.2) is 47.2 Å². The van der Waals surface area contributed by atoms with Gasteiger partial charge in [-0.1, -0.05) is 22.0 Å². The zero-order valence-corrected chi connectivity index (χ0v) is 17.1. The van der Waals surface area contributed by atoms with E-state index in [0.29, 0.717) is 0 Å². The number of fused-ring (bicyclic) bond motifs is 1. The van der Waals surface area contributed by atoms with E-state index in [-0.39, 0.29) is 0 Å². The van der Waals surface area contributed by atoms with E-state index in [1.54, 1.807) is 14.2 Å². The number of anilines is 1.